The lowest BCUT2D eigenvalue weighted by Crippen LogP contribution is -2.54. The summed E-state index contributed by atoms with van der Waals surface area (Å²) in [4.78, 5) is 0. The van der Waals surface area contributed by atoms with Crippen molar-refractivity contribution in [1.29, 1.82) is 0 Å². The lowest BCUT2D eigenvalue weighted by Gasteiger charge is -2.46. The quantitative estimate of drug-likeness (QED) is 0.638. The Morgan fingerprint density at radius 2 is 2.08 bits per heavy atom. The minimum Gasteiger partial charge on any atom is -0.311 e. The number of nitrogens with one attached hydrogen (secondary N) is 1. The fraction of sp³-hybridized carbons (Fsp3) is 0.833. The number of allylic oxidation sites excluding steroid dienone is 1. The van der Waals surface area contributed by atoms with E-state index >= 15 is 0 Å². The molecule has 13 heavy (non-hydrogen) atoms. The second-order valence-corrected chi connectivity index (χ2v) is 5.28. The van der Waals surface area contributed by atoms with Gasteiger partial charge in [-0.05, 0) is 43.4 Å². The van der Waals surface area contributed by atoms with Gasteiger partial charge in [-0.15, -0.1) is 0 Å². The van der Waals surface area contributed by atoms with Gasteiger partial charge < -0.3 is 5.32 Å². The van der Waals surface area contributed by atoms with Crippen LogP contribution in [0.2, 0.25) is 0 Å². The lowest BCUT2D eigenvalue weighted by atomic mass is 9.70. The molecule has 2 saturated carbocycles. The maximum Gasteiger partial charge on any atom is 0.0138 e. The highest BCUT2D eigenvalue weighted by Crippen LogP contribution is 2.43. The van der Waals surface area contributed by atoms with Crippen LogP contribution in [0.25, 0.3) is 0 Å². The largest absolute Gasteiger partial charge is 0.311 e. The molecule has 0 saturated heterocycles. The number of hydrogen-bond acceptors (Lipinski definition) is 1. The average Bonchev–Trinajstić information content (AvgIpc) is 2.38. The van der Waals surface area contributed by atoms with Gasteiger partial charge in [-0.2, -0.15) is 0 Å². The van der Waals surface area contributed by atoms with Crippen molar-refractivity contribution in [3.8, 4) is 0 Å². The summed E-state index contributed by atoms with van der Waals surface area (Å²) in [5.74, 6) is 2.89. The van der Waals surface area contributed by atoms with Crippen molar-refractivity contribution in [3.05, 3.63) is 12.2 Å². The second kappa shape index (κ2) is 2.84. The van der Waals surface area contributed by atoms with Crippen LogP contribution in [-0.4, -0.2) is 12.1 Å². The van der Waals surface area contributed by atoms with Gasteiger partial charge in [-0.1, -0.05) is 19.1 Å². The minimum absolute atomic E-state index is 0.834. The molecule has 0 spiro atoms. The highest BCUT2D eigenvalue weighted by Gasteiger charge is 2.42. The summed E-state index contributed by atoms with van der Waals surface area (Å²) >= 11 is 0. The third-order valence-electron chi connectivity index (χ3n) is 4.19. The fourth-order valence-corrected chi connectivity index (χ4v) is 3.25. The zero-order valence-corrected chi connectivity index (χ0v) is 8.37. The van der Waals surface area contributed by atoms with Crippen molar-refractivity contribution < 1.29 is 0 Å². The monoisotopic (exact) mass is 177 g/mol. The maximum absolute atomic E-state index is 3.80. The van der Waals surface area contributed by atoms with Crippen LogP contribution in [0.3, 0.4) is 0 Å². The first-order chi connectivity index (χ1) is 6.33. The molecule has 0 aromatic heterocycles. The predicted octanol–water partition coefficient (Wildman–Crippen LogP) is 2.34. The summed E-state index contributed by atoms with van der Waals surface area (Å²) < 4.78 is 0. The maximum atomic E-state index is 3.80. The molecule has 3 rings (SSSR count). The Bertz CT molecular complexity index is 227. The molecule has 3 atom stereocenters. The first-order valence-corrected chi connectivity index (χ1v) is 5.75. The highest BCUT2D eigenvalue weighted by molar-refractivity contribution is 5.13. The van der Waals surface area contributed by atoms with E-state index in [0.29, 0.717) is 0 Å². The van der Waals surface area contributed by atoms with Crippen LogP contribution in [0.1, 0.15) is 32.6 Å². The van der Waals surface area contributed by atoms with Crippen molar-refractivity contribution in [3.63, 3.8) is 0 Å². The molecule has 0 radical (unpaired) electrons. The predicted molar refractivity (Wildman–Crippen MR) is 54.5 cm³/mol. The Kier molecular flexibility index (Phi) is 1.76. The van der Waals surface area contributed by atoms with Crippen LogP contribution in [0.15, 0.2) is 12.2 Å². The van der Waals surface area contributed by atoms with Gasteiger partial charge in [-0.25, -0.2) is 0 Å². The average molecular weight is 177 g/mol. The molecule has 0 amide bonds. The topological polar surface area (TPSA) is 12.0 Å². The molecule has 0 aromatic rings. The highest BCUT2D eigenvalue weighted by atomic mass is 15.0. The summed E-state index contributed by atoms with van der Waals surface area (Å²) in [5.41, 5.74) is 0. The van der Waals surface area contributed by atoms with Gasteiger partial charge in [0.15, 0.2) is 0 Å². The molecule has 72 valence electrons. The third-order valence-corrected chi connectivity index (χ3v) is 4.19. The van der Waals surface area contributed by atoms with E-state index in [1.165, 1.54) is 25.7 Å². The smallest absolute Gasteiger partial charge is 0.0138 e. The molecule has 1 heteroatoms. The summed E-state index contributed by atoms with van der Waals surface area (Å²) in [6.07, 6.45) is 10.4. The van der Waals surface area contributed by atoms with Crippen molar-refractivity contribution in [2.24, 2.45) is 17.8 Å². The van der Waals surface area contributed by atoms with E-state index in [-0.39, 0.29) is 0 Å². The number of hydrogen-bond donors (Lipinski definition) is 1. The van der Waals surface area contributed by atoms with Crippen LogP contribution < -0.4 is 5.32 Å². The van der Waals surface area contributed by atoms with E-state index in [1.807, 2.05) is 0 Å². The van der Waals surface area contributed by atoms with E-state index in [9.17, 15) is 0 Å². The molecule has 0 aliphatic heterocycles. The Morgan fingerprint density at radius 1 is 1.23 bits per heavy atom. The van der Waals surface area contributed by atoms with Crippen LogP contribution in [0, 0.1) is 17.8 Å². The number of rotatable bonds is 2. The van der Waals surface area contributed by atoms with E-state index in [4.69, 9.17) is 0 Å². The Balaban J connectivity index is 1.50. The third kappa shape index (κ3) is 1.25. The standard InChI is InChI=1S/C12H19N/c1-8-5-10(6-8)13-12-7-9-3-2-4-11(9)12/h2,4,8-13H,3,5-7H2,1H3. The van der Waals surface area contributed by atoms with Crippen LogP contribution >= 0.6 is 0 Å². The first kappa shape index (κ1) is 8.05. The van der Waals surface area contributed by atoms with Gasteiger partial charge in [0.1, 0.15) is 0 Å². The molecule has 0 bridgehead atoms. The Morgan fingerprint density at radius 3 is 2.77 bits per heavy atom. The van der Waals surface area contributed by atoms with Gasteiger partial charge in [-0.3, -0.25) is 0 Å². The second-order valence-electron chi connectivity index (χ2n) is 5.28. The summed E-state index contributed by atoms with van der Waals surface area (Å²) in [7, 11) is 0. The Hall–Kier alpha value is -0.300. The van der Waals surface area contributed by atoms with E-state index < -0.39 is 0 Å². The van der Waals surface area contributed by atoms with Crippen LogP contribution in [-0.2, 0) is 0 Å². The molecule has 0 heterocycles. The molecule has 1 nitrogen and oxygen atoms in total. The normalized spacial score (nSPS) is 52.5. The summed E-state index contributed by atoms with van der Waals surface area (Å²) in [6.45, 7) is 2.36. The van der Waals surface area contributed by atoms with Gasteiger partial charge in [0.25, 0.3) is 0 Å². The molecule has 3 aliphatic rings. The number of fused-ring (bicyclic) bond motifs is 1. The fourth-order valence-electron chi connectivity index (χ4n) is 3.25. The van der Waals surface area contributed by atoms with Crippen LogP contribution in [0.5, 0.6) is 0 Å². The zero-order valence-electron chi connectivity index (χ0n) is 8.37. The molecule has 2 fully saturated rings. The van der Waals surface area contributed by atoms with Gasteiger partial charge in [0.05, 0.1) is 0 Å². The zero-order chi connectivity index (χ0) is 8.84. The van der Waals surface area contributed by atoms with Crippen molar-refractivity contribution in [1.82, 2.24) is 5.32 Å². The van der Waals surface area contributed by atoms with E-state index in [2.05, 4.69) is 24.4 Å². The molecule has 3 aliphatic carbocycles. The van der Waals surface area contributed by atoms with Gasteiger partial charge >= 0.3 is 0 Å². The summed E-state index contributed by atoms with van der Waals surface area (Å²) in [6, 6.07) is 1.69. The lowest BCUT2D eigenvalue weighted by molar-refractivity contribution is 0.114. The van der Waals surface area contributed by atoms with E-state index in [1.54, 1.807) is 0 Å². The van der Waals surface area contributed by atoms with Crippen molar-refractivity contribution in [2.45, 2.75) is 44.7 Å². The Labute approximate surface area is 80.6 Å². The molecule has 1 N–H and O–H groups in total. The molecule has 0 aromatic carbocycles. The molecular formula is C12H19N. The van der Waals surface area contributed by atoms with Gasteiger partial charge in [0.2, 0.25) is 0 Å². The van der Waals surface area contributed by atoms with Crippen LogP contribution in [0.4, 0.5) is 0 Å². The van der Waals surface area contributed by atoms with Crippen molar-refractivity contribution >= 4 is 0 Å². The van der Waals surface area contributed by atoms with Gasteiger partial charge in [0, 0.05) is 12.1 Å². The first-order valence-electron chi connectivity index (χ1n) is 5.75. The summed E-state index contributed by atoms with van der Waals surface area (Å²) in [5, 5.41) is 3.80. The van der Waals surface area contributed by atoms with Crippen molar-refractivity contribution in [2.75, 3.05) is 0 Å². The minimum atomic E-state index is 0.834. The SMILES string of the molecule is CC1CC(NC2CC3CC=CC32)C1. The molecular weight excluding hydrogens is 158 g/mol. The van der Waals surface area contributed by atoms with E-state index in [0.717, 1.165) is 29.8 Å². The molecule has 3 unspecified atom stereocenters.